The highest BCUT2D eigenvalue weighted by Crippen LogP contribution is 2.23. The molecule has 0 radical (unpaired) electrons. The lowest BCUT2D eigenvalue weighted by atomic mass is 10.0. The van der Waals surface area contributed by atoms with Crippen LogP contribution in [0.1, 0.15) is 31.3 Å². The highest BCUT2D eigenvalue weighted by molar-refractivity contribution is 5.92. The molecular weight excluding hydrogens is 320 g/mol. The van der Waals surface area contributed by atoms with Crippen molar-refractivity contribution < 1.29 is 14.3 Å². The van der Waals surface area contributed by atoms with Gasteiger partial charge in [-0.2, -0.15) is 0 Å². The first-order valence-corrected chi connectivity index (χ1v) is 8.52. The molecule has 0 N–H and O–H groups in total. The molecule has 1 aromatic carbocycles. The first-order valence-electron chi connectivity index (χ1n) is 8.52. The number of rotatable bonds is 5. The van der Waals surface area contributed by atoms with Crippen molar-refractivity contribution in [1.29, 1.82) is 0 Å². The molecule has 0 spiro atoms. The number of para-hydroxylation sites is 1. The molecule has 0 unspecified atom stereocenters. The summed E-state index contributed by atoms with van der Waals surface area (Å²) in [6.07, 6.45) is 1.32. The number of benzene rings is 1. The molecule has 7 heteroatoms. The van der Waals surface area contributed by atoms with Crippen LogP contribution in [0.25, 0.3) is 0 Å². The van der Waals surface area contributed by atoms with E-state index in [4.69, 9.17) is 9.47 Å². The smallest absolute Gasteiger partial charge is 0.273 e. The second kappa shape index (κ2) is 7.23. The van der Waals surface area contributed by atoms with Crippen molar-refractivity contribution in [2.45, 2.75) is 39.0 Å². The van der Waals surface area contributed by atoms with Crippen molar-refractivity contribution in [1.82, 2.24) is 19.9 Å². The largest absolute Gasteiger partial charge is 0.491 e. The van der Waals surface area contributed by atoms with Gasteiger partial charge in [0.05, 0.1) is 18.3 Å². The molecule has 1 aliphatic rings. The molecule has 3 rings (SSSR count). The SMILES string of the molecule is CCn1nncc1C(=O)N1C[C@@H](COc2ccccc2)OC(C)(C)C1. The molecule has 2 aromatic rings. The second-order valence-electron chi connectivity index (χ2n) is 6.74. The summed E-state index contributed by atoms with van der Waals surface area (Å²) in [5.41, 5.74) is 0.0614. The fraction of sp³-hybridized carbons (Fsp3) is 0.500. The lowest BCUT2D eigenvalue weighted by Gasteiger charge is -2.42. The van der Waals surface area contributed by atoms with Crippen molar-refractivity contribution >= 4 is 5.91 Å². The average Bonchev–Trinajstić information content (AvgIpc) is 3.07. The first kappa shape index (κ1) is 17.4. The molecular formula is C18H24N4O3. The predicted octanol–water partition coefficient (Wildman–Crippen LogP) is 2.00. The number of nitrogens with zero attached hydrogens (tertiary/aromatic N) is 4. The Hall–Kier alpha value is -2.41. The third kappa shape index (κ3) is 4.17. The van der Waals surface area contributed by atoms with Crippen molar-refractivity contribution in [3.05, 3.63) is 42.2 Å². The topological polar surface area (TPSA) is 69.5 Å². The van der Waals surface area contributed by atoms with Crippen molar-refractivity contribution in [3.8, 4) is 5.75 Å². The molecule has 0 saturated carbocycles. The van der Waals surface area contributed by atoms with E-state index >= 15 is 0 Å². The van der Waals surface area contributed by atoms with Crippen LogP contribution in [0.15, 0.2) is 36.5 Å². The van der Waals surface area contributed by atoms with Gasteiger partial charge in [-0.05, 0) is 32.9 Å². The quantitative estimate of drug-likeness (QED) is 0.830. The minimum atomic E-state index is -0.441. The lowest BCUT2D eigenvalue weighted by Crippen LogP contribution is -2.56. The Morgan fingerprint density at radius 2 is 2.12 bits per heavy atom. The van der Waals surface area contributed by atoms with Gasteiger partial charge in [-0.1, -0.05) is 23.4 Å². The van der Waals surface area contributed by atoms with Gasteiger partial charge in [-0.15, -0.1) is 5.10 Å². The van der Waals surface area contributed by atoms with Crippen LogP contribution < -0.4 is 4.74 Å². The van der Waals surface area contributed by atoms with Crippen molar-refractivity contribution in [3.63, 3.8) is 0 Å². The number of aromatic nitrogens is 3. The Bertz CT molecular complexity index is 714. The van der Waals surface area contributed by atoms with E-state index in [1.807, 2.05) is 51.1 Å². The van der Waals surface area contributed by atoms with E-state index in [1.165, 1.54) is 6.20 Å². The summed E-state index contributed by atoms with van der Waals surface area (Å²) >= 11 is 0. The third-order valence-electron chi connectivity index (χ3n) is 4.08. The Morgan fingerprint density at radius 1 is 1.36 bits per heavy atom. The summed E-state index contributed by atoms with van der Waals surface area (Å²) < 4.78 is 13.5. The summed E-state index contributed by atoms with van der Waals surface area (Å²) in [6.45, 7) is 7.89. The average molecular weight is 344 g/mol. The summed E-state index contributed by atoms with van der Waals surface area (Å²) in [5.74, 6) is 0.716. The van der Waals surface area contributed by atoms with Crippen molar-refractivity contribution in [2.75, 3.05) is 19.7 Å². The molecule has 1 atom stereocenters. The van der Waals surface area contributed by atoms with E-state index in [0.717, 1.165) is 5.75 Å². The van der Waals surface area contributed by atoms with Gasteiger partial charge in [0, 0.05) is 13.1 Å². The Balaban J connectivity index is 1.69. The molecule has 25 heavy (non-hydrogen) atoms. The van der Waals surface area contributed by atoms with Crippen LogP contribution in [0.2, 0.25) is 0 Å². The number of carbonyl (C=O) groups is 1. The number of morpholine rings is 1. The number of hydrogen-bond donors (Lipinski definition) is 0. The normalized spacial score (nSPS) is 19.6. The van der Waals surface area contributed by atoms with Crippen molar-refractivity contribution in [2.24, 2.45) is 0 Å². The van der Waals surface area contributed by atoms with E-state index in [2.05, 4.69) is 10.3 Å². The van der Waals surface area contributed by atoms with Crippen LogP contribution in [0.4, 0.5) is 0 Å². The van der Waals surface area contributed by atoms with E-state index in [-0.39, 0.29) is 12.0 Å². The number of ether oxygens (including phenoxy) is 2. The molecule has 0 bridgehead atoms. The van der Waals surface area contributed by atoms with Crippen LogP contribution in [-0.4, -0.2) is 57.2 Å². The van der Waals surface area contributed by atoms with E-state index in [0.29, 0.717) is 31.9 Å². The fourth-order valence-corrected chi connectivity index (χ4v) is 3.06. The second-order valence-corrected chi connectivity index (χ2v) is 6.74. The summed E-state index contributed by atoms with van der Waals surface area (Å²) in [5, 5.41) is 7.79. The lowest BCUT2D eigenvalue weighted by molar-refractivity contribution is -0.136. The Morgan fingerprint density at radius 3 is 2.84 bits per heavy atom. The van der Waals surface area contributed by atoms with Crippen LogP contribution in [-0.2, 0) is 11.3 Å². The standard InChI is InChI=1S/C18H24N4O3/c1-4-22-16(10-19-20-22)17(23)21-11-15(25-18(2,3)13-21)12-24-14-8-6-5-7-9-14/h5-10,15H,4,11-13H2,1-3H3/t15-/m0/s1. The van der Waals surface area contributed by atoms with Gasteiger partial charge in [-0.3, -0.25) is 4.79 Å². The highest BCUT2D eigenvalue weighted by Gasteiger charge is 2.37. The van der Waals surface area contributed by atoms with Crippen LogP contribution in [0.3, 0.4) is 0 Å². The van der Waals surface area contributed by atoms with E-state index in [9.17, 15) is 4.79 Å². The van der Waals surface area contributed by atoms with Gasteiger partial charge < -0.3 is 14.4 Å². The third-order valence-corrected chi connectivity index (χ3v) is 4.08. The minimum absolute atomic E-state index is 0.0760. The predicted molar refractivity (Wildman–Crippen MR) is 92.5 cm³/mol. The maximum absolute atomic E-state index is 12.9. The number of amides is 1. The summed E-state index contributed by atoms with van der Waals surface area (Å²) in [6, 6.07) is 9.61. The molecule has 1 aliphatic heterocycles. The molecule has 7 nitrogen and oxygen atoms in total. The van der Waals surface area contributed by atoms with Gasteiger partial charge in [0.15, 0.2) is 0 Å². The number of aryl methyl sites for hydroxylation is 1. The Labute approximate surface area is 147 Å². The molecule has 1 amide bonds. The summed E-state index contributed by atoms with van der Waals surface area (Å²) in [7, 11) is 0. The van der Waals surface area contributed by atoms with Gasteiger partial charge >= 0.3 is 0 Å². The van der Waals surface area contributed by atoms with E-state index < -0.39 is 5.60 Å². The van der Waals surface area contributed by atoms with Gasteiger partial charge in [0.2, 0.25) is 0 Å². The highest BCUT2D eigenvalue weighted by atomic mass is 16.5. The van der Waals surface area contributed by atoms with Gasteiger partial charge in [0.1, 0.15) is 24.2 Å². The van der Waals surface area contributed by atoms with Gasteiger partial charge in [-0.25, -0.2) is 4.68 Å². The zero-order chi connectivity index (χ0) is 17.9. The minimum Gasteiger partial charge on any atom is -0.491 e. The maximum Gasteiger partial charge on any atom is 0.273 e. The zero-order valence-corrected chi connectivity index (χ0v) is 14.9. The molecule has 1 fully saturated rings. The fourth-order valence-electron chi connectivity index (χ4n) is 3.06. The van der Waals surface area contributed by atoms with E-state index in [1.54, 1.807) is 9.58 Å². The van der Waals surface area contributed by atoms with Crippen LogP contribution in [0.5, 0.6) is 5.75 Å². The zero-order valence-electron chi connectivity index (χ0n) is 14.9. The number of carbonyl (C=O) groups excluding carboxylic acids is 1. The Kier molecular flexibility index (Phi) is 5.03. The first-order chi connectivity index (χ1) is 12.0. The van der Waals surface area contributed by atoms with Crippen LogP contribution in [0, 0.1) is 0 Å². The molecule has 1 saturated heterocycles. The number of hydrogen-bond acceptors (Lipinski definition) is 5. The summed E-state index contributed by atoms with van der Waals surface area (Å²) in [4.78, 5) is 14.7. The monoisotopic (exact) mass is 344 g/mol. The molecule has 0 aliphatic carbocycles. The van der Waals surface area contributed by atoms with Crippen LogP contribution >= 0.6 is 0 Å². The molecule has 2 heterocycles. The molecule has 1 aromatic heterocycles. The molecule has 134 valence electrons. The maximum atomic E-state index is 12.9. The van der Waals surface area contributed by atoms with Gasteiger partial charge in [0.25, 0.3) is 5.91 Å².